The van der Waals surface area contributed by atoms with E-state index >= 15 is 0 Å². The second kappa shape index (κ2) is 4.44. The Balaban J connectivity index is 2.22. The first kappa shape index (κ1) is 9.49. The lowest BCUT2D eigenvalue weighted by molar-refractivity contribution is 0.836. The number of hydrogen-bond donors (Lipinski definition) is 1. The standard InChI is InChI=1S/C11H14N2S/c12-6-3-4-11-10(5-9-14-11)13-7-1-2-8-13/h1-2,5,7-9H,3-4,6,12H2. The number of nitrogens with two attached hydrogens (primary N) is 1. The summed E-state index contributed by atoms with van der Waals surface area (Å²) >= 11 is 1.81. The molecule has 2 aromatic rings. The molecular weight excluding hydrogens is 192 g/mol. The van der Waals surface area contributed by atoms with Crippen LogP contribution in [0.25, 0.3) is 5.69 Å². The van der Waals surface area contributed by atoms with Crippen molar-refractivity contribution in [2.75, 3.05) is 6.54 Å². The minimum atomic E-state index is 0.767. The molecule has 0 bridgehead atoms. The lowest BCUT2D eigenvalue weighted by Gasteiger charge is -2.03. The molecule has 0 fully saturated rings. The van der Waals surface area contributed by atoms with Crippen LogP contribution in [0.4, 0.5) is 0 Å². The smallest absolute Gasteiger partial charge is 0.0588 e. The van der Waals surface area contributed by atoms with E-state index in [2.05, 4.69) is 28.4 Å². The maximum Gasteiger partial charge on any atom is 0.0588 e. The Labute approximate surface area is 88.0 Å². The Morgan fingerprint density at radius 3 is 2.79 bits per heavy atom. The Hall–Kier alpha value is -1.06. The predicted octanol–water partition coefficient (Wildman–Crippen LogP) is 2.43. The second-order valence-electron chi connectivity index (χ2n) is 3.21. The molecule has 2 nitrogen and oxygen atoms in total. The van der Waals surface area contributed by atoms with E-state index in [9.17, 15) is 0 Å². The van der Waals surface area contributed by atoms with Crippen LogP contribution in [0.2, 0.25) is 0 Å². The molecule has 2 heterocycles. The average Bonchev–Trinajstić information content (AvgIpc) is 2.84. The fourth-order valence-electron chi connectivity index (χ4n) is 1.51. The van der Waals surface area contributed by atoms with Crippen LogP contribution in [-0.2, 0) is 6.42 Å². The molecule has 0 radical (unpaired) electrons. The first-order chi connectivity index (χ1) is 6.92. The Morgan fingerprint density at radius 1 is 1.29 bits per heavy atom. The third kappa shape index (κ3) is 1.89. The monoisotopic (exact) mass is 206 g/mol. The van der Waals surface area contributed by atoms with Crippen molar-refractivity contribution in [3.8, 4) is 5.69 Å². The first-order valence-electron chi connectivity index (χ1n) is 4.81. The molecule has 74 valence electrons. The van der Waals surface area contributed by atoms with Gasteiger partial charge in [-0.05, 0) is 43.0 Å². The van der Waals surface area contributed by atoms with Gasteiger partial charge in [-0.15, -0.1) is 11.3 Å². The van der Waals surface area contributed by atoms with Gasteiger partial charge >= 0.3 is 0 Å². The minimum absolute atomic E-state index is 0.767. The molecule has 0 spiro atoms. The number of thiophene rings is 1. The topological polar surface area (TPSA) is 30.9 Å². The third-order valence-electron chi connectivity index (χ3n) is 2.21. The highest BCUT2D eigenvalue weighted by Crippen LogP contribution is 2.22. The predicted molar refractivity (Wildman–Crippen MR) is 61.0 cm³/mol. The lowest BCUT2D eigenvalue weighted by Crippen LogP contribution is -2.01. The molecule has 0 amide bonds. The zero-order valence-electron chi connectivity index (χ0n) is 8.02. The number of nitrogens with zero attached hydrogens (tertiary/aromatic N) is 1. The van der Waals surface area contributed by atoms with Gasteiger partial charge in [-0.1, -0.05) is 0 Å². The van der Waals surface area contributed by atoms with Crippen molar-refractivity contribution in [3.05, 3.63) is 40.8 Å². The van der Waals surface area contributed by atoms with E-state index in [0.29, 0.717) is 0 Å². The second-order valence-corrected chi connectivity index (χ2v) is 4.21. The SMILES string of the molecule is NCCCc1sccc1-n1cccc1. The summed E-state index contributed by atoms with van der Waals surface area (Å²) in [5, 5.41) is 2.14. The van der Waals surface area contributed by atoms with Gasteiger partial charge in [-0.3, -0.25) is 0 Å². The van der Waals surface area contributed by atoms with Crippen molar-refractivity contribution in [2.24, 2.45) is 5.73 Å². The van der Waals surface area contributed by atoms with Crippen molar-refractivity contribution < 1.29 is 0 Å². The molecule has 0 saturated heterocycles. The van der Waals surface area contributed by atoms with E-state index in [4.69, 9.17) is 5.73 Å². The third-order valence-corrected chi connectivity index (χ3v) is 3.18. The summed E-state index contributed by atoms with van der Waals surface area (Å²) < 4.78 is 2.16. The summed E-state index contributed by atoms with van der Waals surface area (Å²) in [6.07, 6.45) is 6.30. The van der Waals surface area contributed by atoms with Crippen molar-refractivity contribution in [2.45, 2.75) is 12.8 Å². The maximum atomic E-state index is 5.51. The zero-order chi connectivity index (χ0) is 9.80. The van der Waals surface area contributed by atoms with E-state index in [1.54, 1.807) is 0 Å². The number of aromatic nitrogens is 1. The summed E-state index contributed by atoms with van der Waals surface area (Å²) in [4.78, 5) is 1.42. The molecule has 14 heavy (non-hydrogen) atoms. The van der Waals surface area contributed by atoms with E-state index in [1.165, 1.54) is 10.6 Å². The van der Waals surface area contributed by atoms with Crippen molar-refractivity contribution in [1.82, 2.24) is 4.57 Å². The molecule has 0 saturated carbocycles. The Morgan fingerprint density at radius 2 is 2.07 bits per heavy atom. The molecule has 0 aliphatic heterocycles. The number of aryl methyl sites for hydroxylation is 1. The van der Waals surface area contributed by atoms with Gasteiger partial charge in [0, 0.05) is 17.3 Å². The van der Waals surface area contributed by atoms with E-state index < -0.39 is 0 Å². The summed E-state index contributed by atoms with van der Waals surface area (Å²) in [6.45, 7) is 0.767. The van der Waals surface area contributed by atoms with Crippen LogP contribution in [0.1, 0.15) is 11.3 Å². The van der Waals surface area contributed by atoms with Crippen LogP contribution in [0.3, 0.4) is 0 Å². The summed E-state index contributed by atoms with van der Waals surface area (Å²) in [7, 11) is 0. The highest BCUT2D eigenvalue weighted by molar-refractivity contribution is 7.10. The Bertz CT molecular complexity index is 376. The average molecular weight is 206 g/mol. The highest BCUT2D eigenvalue weighted by atomic mass is 32.1. The number of rotatable bonds is 4. The largest absolute Gasteiger partial charge is 0.330 e. The Kier molecular flexibility index (Phi) is 3.01. The summed E-state index contributed by atoms with van der Waals surface area (Å²) in [5.41, 5.74) is 6.81. The van der Waals surface area contributed by atoms with Crippen molar-refractivity contribution in [1.29, 1.82) is 0 Å². The van der Waals surface area contributed by atoms with Gasteiger partial charge in [0.05, 0.1) is 5.69 Å². The molecule has 0 unspecified atom stereocenters. The van der Waals surface area contributed by atoms with Gasteiger partial charge in [-0.25, -0.2) is 0 Å². The molecule has 0 aromatic carbocycles. The molecule has 0 aliphatic rings. The molecule has 2 N–H and O–H groups in total. The van der Waals surface area contributed by atoms with Crippen LogP contribution in [-0.4, -0.2) is 11.1 Å². The van der Waals surface area contributed by atoms with Gasteiger partial charge in [0.25, 0.3) is 0 Å². The first-order valence-corrected chi connectivity index (χ1v) is 5.69. The fourth-order valence-corrected chi connectivity index (χ4v) is 2.43. The highest BCUT2D eigenvalue weighted by Gasteiger charge is 2.04. The van der Waals surface area contributed by atoms with Gasteiger partial charge in [0.15, 0.2) is 0 Å². The molecule has 2 rings (SSSR count). The van der Waals surface area contributed by atoms with E-state index in [-0.39, 0.29) is 0 Å². The minimum Gasteiger partial charge on any atom is -0.330 e. The van der Waals surface area contributed by atoms with Gasteiger partial charge in [0.1, 0.15) is 0 Å². The van der Waals surface area contributed by atoms with Crippen LogP contribution < -0.4 is 5.73 Å². The van der Waals surface area contributed by atoms with Gasteiger partial charge in [0.2, 0.25) is 0 Å². The van der Waals surface area contributed by atoms with Gasteiger partial charge < -0.3 is 10.3 Å². The lowest BCUT2D eigenvalue weighted by atomic mass is 10.2. The molecule has 0 aliphatic carbocycles. The maximum absolute atomic E-state index is 5.51. The summed E-state index contributed by atoms with van der Waals surface area (Å²) in [5.74, 6) is 0. The molecular formula is C11H14N2S. The van der Waals surface area contributed by atoms with Crippen LogP contribution in [0, 0.1) is 0 Å². The molecule has 2 aromatic heterocycles. The molecule has 3 heteroatoms. The normalized spacial score (nSPS) is 10.6. The van der Waals surface area contributed by atoms with Gasteiger partial charge in [-0.2, -0.15) is 0 Å². The van der Waals surface area contributed by atoms with Crippen LogP contribution >= 0.6 is 11.3 Å². The van der Waals surface area contributed by atoms with Crippen molar-refractivity contribution in [3.63, 3.8) is 0 Å². The van der Waals surface area contributed by atoms with Crippen molar-refractivity contribution >= 4 is 11.3 Å². The van der Waals surface area contributed by atoms with E-state index in [1.807, 2.05) is 23.5 Å². The van der Waals surface area contributed by atoms with Crippen LogP contribution in [0.15, 0.2) is 36.0 Å². The quantitative estimate of drug-likeness (QED) is 0.818. The van der Waals surface area contributed by atoms with E-state index in [0.717, 1.165) is 19.4 Å². The fraction of sp³-hybridized carbons (Fsp3) is 0.273. The number of hydrogen-bond acceptors (Lipinski definition) is 2. The van der Waals surface area contributed by atoms with Crippen LogP contribution in [0.5, 0.6) is 0 Å². The summed E-state index contributed by atoms with van der Waals surface area (Å²) in [6, 6.07) is 6.26. The molecule has 0 atom stereocenters. The zero-order valence-corrected chi connectivity index (χ0v) is 8.83.